The number of aromatic nitrogens is 1. The van der Waals surface area contributed by atoms with Crippen LogP contribution in [0.3, 0.4) is 0 Å². The topological polar surface area (TPSA) is 112 Å². The van der Waals surface area contributed by atoms with Crippen LogP contribution in [0.25, 0.3) is 0 Å². The van der Waals surface area contributed by atoms with Gasteiger partial charge in [-0.2, -0.15) is 0 Å². The van der Waals surface area contributed by atoms with Crippen LogP contribution in [0.5, 0.6) is 0 Å². The minimum atomic E-state index is -1.08. The molecular formula is C13H19N3O4S. The maximum atomic E-state index is 11.9. The number of thiazole rings is 1. The molecule has 3 atom stereocenters. The minimum absolute atomic E-state index is 0.0215. The molecule has 0 radical (unpaired) electrons. The molecule has 0 saturated heterocycles. The molecule has 0 bridgehead atoms. The number of amides is 2. The molecule has 3 unspecified atom stereocenters. The predicted octanol–water partition coefficient (Wildman–Crippen LogP) is 1.51. The van der Waals surface area contributed by atoms with E-state index >= 15 is 0 Å². The second kappa shape index (κ2) is 6.86. The van der Waals surface area contributed by atoms with E-state index in [1.54, 1.807) is 6.92 Å². The third-order valence-electron chi connectivity index (χ3n) is 3.51. The summed E-state index contributed by atoms with van der Waals surface area (Å²) in [5.41, 5.74) is -0.0215. The van der Waals surface area contributed by atoms with E-state index in [1.807, 2.05) is 0 Å². The van der Waals surface area contributed by atoms with Gasteiger partial charge in [0.15, 0.2) is 5.69 Å². The number of nitrogens with zero attached hydrogens (tertiary/aromatic N) is 1. The molecule has 1 fully saturated rings. The van der Waals surface area contributed by atoms with E-state index in [4.69, 9.17) is 5.11 Å². The van der Waals surface area contributed by atoms with Crippen molar-refractivity contribution in [1.29, 1.82) is 0 Å². The number of carbonyl (C=O) groups excluding carboxylic acids is 1. The standard InChI is InChI=1S/C13H19N3O4S/c1-7(11-15-9(6-21-11)12(18)19)14-13(20)16-8-4-2-3-5-10(8)17/h6-8,10,17H,2-5H2,1H3,(H,18,19)(H2,14,16,20). The molecule has 0 spiro atoms. The van der Waals surface area contributed by atoms with Crippen molar-refractivity contribution in [2.75, 3.05) is 0 Å². The highest BCUT2D eigenvalue weighted by Gasteiger charge is 2.25. The molecule has 7 nitrogen and oxygen atoms in total. The van der Waals surface area contributed by atoms with E-state index in [2.05, 4.69) is 15.6 Å². The van der Waals surface area contributed by atoms with Crippen LogP contribution in [0.4, 0.5) is 4.79 Å². The number of carboxylic acids is 1. The zero-order valence-corrected chi connectivity index (χ0v) is 12.5. The van der Waals surface area contributed by atoms with Gasteiger partial charge in [-0.25, -0.2) is 14.6 Å². The molecule has 116 valence electrons. The average molecular weight is 313 g/mol. The SMILES string of the molecule is CC(NC(=O)NC1CCCCC1O)c1nc(C(=O)O)cs1. The van der Waals surface area contributed by atoms with Gasteiger partial charge in [0.05, 0.1) is 18.2 Å². The first-order valence-electron chi connectivity index (χ1n) is 6.91. The number of aliphatic hydroxyl groups is 1. The highest BCUT2D eigenvalue weighted by atomic mass is 32.1. The molecule has 0 aromatic carbocycles. The second-order valence-electron chi connectivity index (χ2n) is 5.17. The number of hydrogen-bond acceptors (Lipinski definition) is 5. The largest absolute Gasteiger partial charge is 0.476 e. The third-order valence-corrected chi connectivity index (χ3v) is 4.53. The summed E-state index contributed by atoms with van der Waals surface area (Å²) in [5, 5.41) is 26.1. The van der Waals surface area contributed by atoms with Crippen molar-refractivity contribution in [3.63, 3.8) is 0 Å². The molecule has 8 heteroatoms. The summed E-state index contributed by atoms with van der Waals surface area (Å²) in [6.45, 7) is 1.74. The Kier molecular flexibility index (Phi) is 5.13. The Balaban J connectivity index is 1.87. The zero-order chi connectivity index (χ0) is 15.4. The quantitative estimate of drug-likeness (QED) is 0.673. The van der Waals surface area contributed by atoms with Gasteiger partial charge in [0.25, 0.3) is 0 Å². The summed E-state index contributed by atoms with van der Waals surface area (Å²) in [6, 6.07) is -0.985. The summed E-state index contributed by atoms with van der Waals surface area (Å²) in [4.78, 5) is 26.6. The highest BCUT2D eigenvalue weighted by Crippen LogP contribution is 2.20. The summed E-state index contributed by atoms with van der Waals surface area (Å²) in [6.07, 6.45) is 2.94. The number of nitrogens with one attached hydrogen (secondary N) is 2. The Bertz CT molecular complexity index is 519. The van der Waals surface area contributed by atoms with E-state index in [0.29, 0.717) is 11.4 Å². The molecule has 2 amide bonds. The van der Waals surface area contributed by atoms with E-state index in [1.165, 1.54) is 16.7 Å². The molecular weight excluding hydrogens is 294 g/mol. The van der Waals surface area contributed by atoms with Crippen LogP contribution < -0.4 is 10.6 Å². The molecule has 1 aromatic rings. The highest BCUT2D eigenvalue weighted by molar-refractivity contribution is 7.09. The molecule has 2 rings (SSSR count). The van der Waals surface area contributed by atoms with Crippen LogP contribution >= 0.6 is 11.3 Å². The Hall–Kier alpha value is -1.67. The monoisotopic (exact) mass is 313 g/mol. The zero-order valence-electron chi connectivity index (χ0n) is 11.7. The van der Waals surface area contributed by atoms with Gasteiger partial charge in [0, 0.05) is 5.38 Å². The van der Waals surface area contributed by atoms with Crippen molar-refractivity contribution in [3.8, 4) is 0 Å². The Morgan fingerprint density at radius 2 is 2.14 bits per heavy atom. The van der Waals surface area contributed by atoms with Gasteiger partial charge in [0.2, 0.25) is 0 Å². The van der Waals surface area contributed by atoms with Gasteiger partial charge >= 0.3 is 12.0 Å². The van der Waals surface area contributed by atoms with Crippen LogP contribution in [0.1, 0.15) is 54.1 Å². The number of aliphatic hydroxyl groups excluding tert-OH is 1. The molecule has 4 N–H and O–H groups in total. The van der Waals surface area contributed by atoms with Gasteiger partial charge in [0.1, 0.15) is 5.01 Å². The van der Waals surface area contributed by atoms with Crippen molar-refractivity contribution in [2.45, 2.75) is 50.8 Å². The van der Waals surface area contributed by atoms with Gasteiger partial charge in [-0.05, 0) is 19.8 Å². The van der Waals surface area contributed by atoms with Gasteiger partial charge in [-0.15, -0.1) is 11.3 Å². The number of carbonyl (C=O) groups is 2. The number of urea groups is 1. The second-order valence-corrected chi connectivity index (χ2v) is 6.06. The molecule has 0 aliphatic heterocycles. The maximum Gasteiger partial charge on any atom is 0.355 e. The molecule has 1 heterocycles. The van der Waals surface area contributed by atoms with Crippen molar-refractivity contribution in [1.82, 2.24) is 15.6 Å². The molecule has 1 aliphatic carbocycles. The Morgan fingerprint density at radius 1 is 1.43 bits per heavy atom. The Labute approximate surface area is 126 Å². The molecule has 21 heavy (non-hydrogen) atoms. The first-order valence-corrected chi connectivity index (χ1v) is 7.79. The van der Waals surface area contributed by atoms with Crippen LogP contribution in [0.2, 0.25) is 0 Å². The number of carboxylic acid groups (broad SMARTS) is 1. The van der Waals surface area contributed by atoms with Gasteiger partial charge in [-0.3, -0.25) is 0 Å². The van der Waals surface area contributed by atoms with Crippen molar-refractivity contribution in [2.24, 2.45) is 0 Å². The summed E-state index contributed by atoms with van der Waals surface area (Å²) >= 11 is 1.19. The maximum absolute atomic E-state index is 11.9. The fraction of sp³-hybridized carbons (Fsp3) is 0.615. The number of aromatic carboxylic acids is 1. The minimum Gasteiger partial charge on any atom is -0.476 e. The summed E-state index contributed by atoms with van der Waals surface area (Å²) in [5.74, 6) is -1.08. The van der Waals surface area contributed by atoms with Crippen LogP contribution in [-0.2, 0) is 0 Å². The van der Waals surface area contributed by atoms with Crippen LogP contribution in [0.15, 0.2) is 5.38 Å². The fourth-order valence-corrected chi connectivity index (χ4v) is 3.13. The average Bonchev–Trinajstić information content (AvgIpc) is 2.91. The first-order chi connectivity index (χ1) is 9.97. The van der Waals surface area contributed by atoms with Crippen LogP contribution in [-0.4, -0.2) is 39.3 Å². The number of rotatable bonds is 4. The first kappa shape index (κ1) is 15.7. The summed E-state index contributed by atoms with van der Waals surface area (Å²) in [7, 11) is 0. The smallest absolute Gasteiger partial charge is 0.355 e. The van der Waals surface area contributed by atoms with E-state index in [0.717, 1.165) is 19.3 Å². The van der Waals surface area contributed by atoms with E-state index < -0.39 is 12.1 Å². The predicted molar refractivity (Wildman–Crippen MR) is 77.4 cm³/mol. The van der Waals surface area contributed by atoms with Gasteiger partial charge < -0.3 is 20.8 Å². The van der Waals surface area contributed by atoms with Gasteiger partial charge in [-0.1, -0.05) is 12.8 Å². The lowest BCUT2D eigenvalue weighted by Gasteiger charge is -2.28. The lowest BCUT2D eigenvalue weighted by atomic mass is 9.93. The number of hydrogen-bond donors (Lipinski definition) is 4. The summed E-state index contributed by atoms with van der Waals surface area (Å²) < 4.78 is 0. The lowest BCUT2D eigenvalue weighted by molar-refractivity contribution is 0.0691. The lowest BCUT2D eigenvalue weighted by Crippen LogP contribution is -2.49. The third kappa shape index (κ3) is 4.15. The fourth-order valence-electron chi connectivity index (χ4n) is 2.33. The van der Waals surface area contributed by atoms with Crippen molar-refractivity contribution in [3.05, 3.63) is 16.1 Å². The van der Waals surface area contributed by atoms with Crippen molar-refractivity contribution >= 4 is 23.3 Å². The molecule has 1 aromatic heterocycles. The van der Waals surface area contributed by atoms with E-state index in [-0.39, 0.29) is 23.8 Å². The van der Waals surface area contributed by atoms with E-state index in [9.17, 15) is 14.7 Å². The van der Waals surface area contributed by atoms with Crippen LogP contribution in [0, 0.1) is 0 Å². The normalized spacial score (nSPS) is 23.3. The molecule has 1 saturated carbocycles. The molecule has 1 aliphatic rings. The van der Waals surface area contributed by atoms with Crippen molar-refractivity contribution < 1.29 is 19.8 Å². The Morgan fingerprint density at radius 3 is 2.76 bits per heavy atom.